The molecule has 4 aliphatic rings. The first-order valence-electron chi connectivity index (χ1n) is 8.24. The number of hydrogen-bond acceptors (Lipinski definition) is 4. The molecule has 0 aliphatic heterocycles. The molecule has 3 nitrogen and oxygen atoms in total. The fraction of sp³-hybridized carbons (Fsp3) is 0.765. The second kappa shape index (κ2) is 4.80. The number of thiazole rings is 1. The topological polar surface area (TPSA) is 39.2 Å². The monoisotopic (exact) mass is 305 g/mol. The normalized spacial score (nSPS) is 37.0. The molecule has 1 aromatic rings. The minimum atomic E-state index is -0.158. The van der Waals surface area contributed by atoms with Gasteiger partial charge in [-0.05, 0) is 70.1 Å². The summed E-state index contributed by atoms with van der Waals surface area (Å²) in [7, 11) is 0. The summed E-state index contributed by atoms with van der Waals surface area (Å²) < 4.78 is 5.28. The maximum atomic E-state index is 12.3. The highest BCUT2D eigenvalue weighted by Gasteiger charge is 2.53. The lowest BCUT2D eigenvalue weighted by Gasteiger charge is -2.56. The molecule has 21 heavy (non-hydrogen) atoms. The van der Waals surface area contributed by atoms with Crippen LogP contribution in [-0.4, -0.2) is 17.6 Å². The van der Waals surface area contributed by atoms with Crippen molar-refractivity contribution in [1.82, 2.24) is 4.98 Å². The maximum Gasteiger partial charge on any atom is 0.350 e. The van der Waals surface area contributed by atoms with E-state index >= 15 is 0 Å². The van der Waals surface area contributed by atoms with E-state index in [2.05, 4.69) is 0 Å². The van der Waals surface area contributed by atoms with Crippen molar-refractivity contribution >= 4 is 17.3 Å². The van der Waals surface area contributed by atoms with Gasteiger partial charge in [-0.2, -0.15) is 0 Å². The average Bonchev–Trinajstić information content (AvgIpc) is 2.80. The van der Waals surface area contributed by atoms with Gasteiger partial charge in [0.1, 0.15) is 4.88 Å². The summed E-state index contributed by atoms with van der Waals surface area (Å²) in [6.07, 6.45) is 7.98. The van der Waals surface area contributed by atoms with E-state index in [1.165, 1.54) is 49.9 Å². The summed E-state index contributed by atoms with van der Waals surface area (Å²) in [5.74, 6) is 2.45. The van der Waals surface area contributed by atoms with E-state index in [-0.39, 0.29) is 11.4 Å². The lowest BCUT2D eigenvalue weighted by atomic mass is 9.48. The lowest BCUT2D eigenvalue weighted by molar-refractivity contribution is -0.00777. The van der Waals surface area contributed by atoms with E-state index < -0.39 is 0 Å². The number of nitrogens with zero attached hydrogens (tertiary/aromatic N) is 1. The van der Waals surface area contributed by atoms with Crippen molar-refractivity contribution in [2.24, 2.45) is 17.8 Å². The molecule has 5 rings (SSSR count). The van der Waals surface area contributed by atoms with Crippen molar-refractivity contribution in [2.45, 2.75) is 57.8 Å². The van der Waals surface area contributed by atoms with Gasteiger partial charge in [-0.15, -0.1) is 11.3 Å². The van der Waals surface area contributed by atoms with Crippen molar-refractivity contribution in [3.63, 3.8) is 0 Å². The molecule has 0 spiro atoms. The molecule has 0 aromatic carbocycles. The van der Waals surface area contributed by atoms with Crippen LogP contribution in [0.25, 0.3) is 0 Å². The SMILES string of the molecule is CCOC(=O)c1sc(C)nc1C12CC3CC(CC(C3)C1)C2. The predicted octanol–water partition coefficient (Wildman–Crippen LogP) is 4.10. The molecule has 0 radical (unpaired) electrons. The van der Waals surface area contributed by atoms with Crippen molar-refractivity contribution < 1.29 is 9.53 Å². The third-order valence-corrected chi connectivity index (χ3v) is 6.69. The molecular formula is C17H23NO2S. The molecule has 0 atom stereocenters. The Hall–Kier alpha value is -0.900. The van der Waals surface area contributed by atoms with Crippen LogP contribution in [0.15, 0.2) is 0 Å². The highest BCUT2D eigenvalue weighted by Crippen LogP contribution is 2.61. The third kappa shape index (κ3) is 2.14. The first kappa shape index (κ1) is 13.7. The van der Waals surface area contributed by atoms with Crippen LogP contribution in [0.3, 0.4) is 0 Å². The van der Waals surface area contributed by atoms with Crippen molar-refractivity contribution in [1.29, 1.82) is 0 Å². The fourth-order valence-corrected chi connectivity index (χ4v) is 6.46. The Morgan fingerprint density at radius 3 is 2.33 bits per heavy atom. The molecule has 1 heterocycles. The van der Waals surface area contributed by atoms with Gasteiger partial charge >= 0.3 is 5.97 Å². The summed E-state index contributed by atoms with van der Waals surface area (Å²) in [6, 6.07) is 0. The van der Waals surface area contributed by atoms with Crippen LogP contribution in [0, 0.1) is 24.7 Å². The molecule has 4 fully saturated rings. The summed E-state index contributed by atoms with van der Waals surface area (Å²) >= 11 is 1.53. The van der Waals surface area contributed by atoms with E-state index in [1.54, 1.807) is 0 Å². The molecule has 0 unspecified atom stereocenters. The van der Waals surface area contributed by atoms with Gasteiger partial charge in [-0.25, -0.2) is 9.78 Å². The maximum absolute atomic E-state index is 12.3. The van der Waals surface area contributed by atoms with E-state index in [0.29, 0.717) is 6.61 Å². The number of aromatic nitrogens is 1. The van der Waals surface area contributed by atoms with Crippen LogP contribution in [0.4, 0.5) is 0 Å². The minimum Gasteiger partial charge on any atom is -0.462 e. The van der Waals surface area contributed by atoms with Gasteiger partial charge in [-0.3, -0.25) is 0 Å². The standard InChI is InChI=1S/C17H23NO2S/c1-3-20-16(19)14-15(18-10(2)21-14)17-7-11-4-12(8-17)6-13(5-11)9-17/h11-13H,3-9H2,1-2H3. The van der Waals surface area contributed by atoms with E-state index in [0.717, 1.165) is 33.3 Å². The van der Waals surface area contributed by atoms with Gasteiger partial charge < -0.3 is 4.74 Å². The third-order valence-electron chi connectivity index (χ3n) is 5.74. The van der Waals surface area contributed by atoms with Gasteiger partial charge in [-0.1, -0.05) is 0 Å². The van der Waals surface area contributed by atoms with Crippen molar-refractivity contribution in [3.05, 3.63) is 15.6 Å². The second-order valence-electron chi connectivity index (χ2n) is 7.33. The smallest absolute Gasteiger partial charge is 0.350 e. The van der Waals surface area contributed by atoms with Crippen molar-refractivity contribution in [3.8, 4) is 0 Å². The lowest BCUT2D eigenvalue weighted by Crippen LogP contribution is -2.49. The molecule has 114 valence electrons. The Morgan fingerprint density at radius 1 is 1.24 bits per heavy atom. The number of carbonyl (C=O) groups is 1. The number of carbonyl (C=O) groups excluding carboxylic acids is 1. The Kier molecular flexibility index (Phi) is 3.14. The van der Waals surface area contributed by atoms with Crippen LogP contribution in [-0.2, 0) is 10.2 Å². The molecule has 4 bridgehead atoms. The molecule has 1 aromatic heterocycles. The fourth-order valence-electron chi connectivity index (χ4n) is 5.52. The summed E-state index contributed by atoms with van der Waals surface area (Å²) in [5.41, 5.74) is 1.27. The first-order chi connectivity index (χ1) is 10.1. The van der Waals surface area contributed by atoms with Crippen LogP contribution in [0.1, 0.15) is 65.8 Å². The molecule has 0 amide bonds. The molecule has 4 aliphatic carbocycles. The van der Waals surface area contributed by atoms with Crippen LogP contribution in [0.5, 0.6) is 0 Å². The zero-order valence-corrected chi connectivity index (χ0v) is 13.7. The minimum absolute atomic E-state index is 0.158. The molecule has 0 N–H and O–H groups in total. The molecule has 4 saturated carbocycles. The zero-order chi connectivity index (χ0) is 14.6. The Morgan fingerprint density at radius 2 is 1.81 bits per heavy atom. The zero-order valence-electron chi connectivity index (χ0n) is 12.9. The van der Waals surface area contributed by atoms with Gasteiger partial charge in [0.15, 0.2) is 0 Å². The van der Waals surface area contributed by atoms with Crippen LogP contribution >= 0.6 is 11.3 Å². The highest BCUT2D eigenvalue weighted by molar-refractivity contribution is 7.13. The summed E-state index contributed by atoms with van der Waals surface area (Å²) in [6.45, 7) is 4.32. The Labute approximate surface area is 130 Å². The van der Waals surface area contributed by atoms with Crippen LogP contribution < -0.4 is 0 Å². The van der Waals surface area contributed by atoms with Crippen molar-refractivity contribution in [2.75, 3.05) is 6.61 Å². The first-order valence-corrected chi connectivity index (χ1v) is 9.06. The largest absolute Gasteiger partial charge is 0.462 e. The van der Waals surface area contributed by atoms with Gasteiger partial charge in [0.2, 0.25) is 0 Å². The Bertz CT molecular complexity index is 542. The van der Waals surface area contributed by atoms with Gasteiger partial charge in [0, 0.05) is 5.41 Å². The number of ether oxygens (including phenoxy) is 1. The molecular weight excluding hydrogens is 282 g/mol. The number of rotatable bonds is 3. The average molecular weight is 305 g/mol. The summed E-state index contributed by atoms with van der Waals surface area (Å²) in [4.78, 5) is 17.9. The van der Waals surface area contributed by atoms with E-state index in [9.17, 15) is 4.79 Å². The number of hydrogen-bond donors (Lipinski definition) is 0. The number of aryl methyl sites for hydroxylation is 1. The second-order valence-corrected chi connectivity index (χ2v) is 8.53. The predicted molar refractivity (Wildman–Crippen MR) is 82.7 cm³/mol. The van der Waals surface area contributed by atoms with Gasteiger partial charge in [0.25, 0.3) is 0 Å². The summed E-state index contributed by atoms with van der Waals surface area (Å²) in [5, 5.41) is 1.00. The Balaban J connectivity index is 1.74. The van der Waals surface area contributed by atoms with Crippen LogP contribution in [0.2, 0.25) is 0 Å². The van der Waals surface area contributed by atoms with E-state index in [4.69, 9.17) is 9.72 Å². The van der Waals surface area contributed by atoms with Gasteiger partial charge in [0.05, 0.1) is 17.3 Å². The quantitative estimate of drug-likeness (QED) is 0.789. The molecule has 4 heteroatoms. The number of esters is 1. The highest BCUT2D eigenvalue weighted by atomic mass is 32.1. The molecule has 0 saturated heterocycles. The van der Waals surface area contributed by atoms with E-state index in [1.807, 2.05) is 13.8 Å².